The zero-order valence-corrected chi connectivity index (χ0v) is 10.8. The highest BCUT2D eigenvalue weighted by molar-refractivity contribution is 5.45. The van der Waals surface area contributed by atoms with E-state index in [0.29, 0.717) is 6.10 Å². The van der Waals surface area contributed by atoms with E-state index in [4.69, 9.17) is 4.74 Å². The van der Waals surface area contributed by atoms with E-state index in [-0.39, 0.29) is 0 Å². The standard InChI is InChI=1S/C15H21N2O/c1-2-4-14(5-3-1)17-9-6-13(7-10-17)15-12-16-8-11-18-15/h2-5,13,15-16H,6-12H2. The van der Waals surface area contributed by atoms with Gasteiger partial charge in [0.25, 0.3) is 0 Å². The summed E-state index contributed by atoms with van der Waals surface area (Å²) >= 11 is 0. The Hall–Kier alpha value is -1.06. The summed E-state index contributed by atoms with van der Waals surface area (Å²) in [6.45, 7) is 5.21. The number of benzene rings is 1. The van der Waals surface area contributed by atoms with Crippen LogP contribution in [0.4, 0.5) is 5.69 Å². The van der Waals surface area contributed by atoms with Crippen LogP contribution in [0.15, 0.2) is 24.3 Å². The van der Waals surface area contributed by atoms with Gasteiger partial charge in [-0.25, -0.2) is 0 Å². The Kier molecular flexibility index (Phi) is 3.81. The van der Waals surface area contributed by atoms with Crippen LogP contribution >= 0.6 is 0 Å². The molecule has 3 rings (SSSR count). The third-order valence-corrected chi connectivity index (χ3v) is 4.09. The Morgan fingerprint density at radius 3 is 2.67 bits per heavy atom. The fourth-order valence-corrected chi connectivity index (χ4v) is 3.01. The van der Waals surface area contributed by atoms with E-state index in [1.807, 2.05) is 12.1 Å². The van der Waals surface area contributed by atoms with Gasteiger partial charge in [-0.3, -0.25) is 0 Å². The molecule has 1 radical (unpaired) electrons. The van der Waals surface area contributed by atoms with Crippen molar-refractivity contribution in [1.29, 1.82) is 0 Å². The zero-order valence-electron chi connectivity index (χ0n) is 10.8. The molecule has 0 amide bonds. The summed E-state index contributed by atoms with van der Waals surface area (Å²) in [6.07, 6.45) is 2.92. The van der Waals surface area contributed by atoms with Gasteiger partial charge in [0.15, 0.2) is 0 Å². The lowest BCUT2D eigenvalue weighted by atomic mass is 9.90. The maximum absolute atomic E-state index is 5.87. The van der Waals surface area contributed by atoms with Crippen LogP contribution in [-0.2, 0) is 4.74 Å². The Bertz CT molecular complexity index is 354. The monoisotopic (exact) mass is 245 g/mol. The molecule has 0 spiro atoms. The van der Waals surface area contributed by atoms with Crippen molar-refractivity contribution < 1.29 is 4.74 Å². The van der Waals surface area contributed by atoms with Gasteiger partial charge in [-0.15, -0.1) is 0 Å². The lowest BCUT2D eigenvalue weighted by Gasteiger charge is -2.38. The summed E-state index contributed by atoms with van der Waals surface area (Å²) < 4.78 is 5.87. The van der Waals surface area contributed by atoms with Gasteiger partial charge >= 0.3 is 0 Å². The van der Waals surface area contributed by atoms with Crippen LogP contribution in [-0.4, -0.2) is 38.9 Å². The Labute approximate surface area is 109 Å². The van der Waals surface area contributed by atoms with E-state index in [0.717, 1.165) is 38.7 Å². The van der Waals surface area contributed by atoms with E-state index in [1.165, 1.54) is 18.5 Å². The highest BCUT2D eigenvalue weighted by Crippen LogP contribution is 2.26. The summed E-state index contributed by atoms with van der Waals surface area (Å²) in [5.74, 6) is 0.726. The smallest absolute Gasteiger partial charge is 0.0729 e. The van der Waals surface area contributed by atoms with E-state index in [1.54, 1.807) is 0 Å². The van der Waals surface area contributed by atoms with Crippen molar-refractivity contribution >= 4 is 5.69 Å². The quantitative estimate of drug-likeness (QED) is 0.858. The predicted molar refractivity (Wildman–Crippen MR) is 72.8 cm³/mol. The number of hydrogen-bond acceptors (Lipinski definition) is 3. The summed E-state index contributed by atoms with van der Waals surface area (Å²) in [4.78, 5) is 2.47. The van der Waals surface area contributed by atoms with Crippen molar-refractivity contribution in [3.05, 3.63) is 30.3 Å². The van der Waals surface area contributed by atoms with E-state index < -0.39 is 0 Å². The second-order valence-electron chi connectivity index (χ2n) is 5.20. The molecular weight excluding hydrogens is 224 g/mol. The normalized spacial score (nSPS) is 26.2. The van der Waals surface area contributed by atoms with E-state index in [2.05, 4.69) is 28.4 Å². The van der Waals surface area contributed by atoms with Gasteiger partial charge in [0.05, 0.1) is 12.7 Å². The molecule has 1 aromatic rings. The molecule has 1 atom stereocenters. The first-order valence-corrected chi connectivity index (χ1v) is 6.97. The summed E-state index contributed by atoms with van der Waals surface area (Å²) in [6, 6.07) is 11.4. The predicted octanol–water partition coefficient (Wildman–Crippen LogP) is 1.69. The molecule has 0 aliphatic carbocycles. The fourth-order valence-electron chi connectivity index (χ4n) is 3.01. The van der Waals surface area contributed by atoms with Gasteiger partial charge in [0.2, 0.25) is 0 Å². The number of rotatable bonds is 2. The van der Waals surface area contributed by atoms with Gasteiger partial charge in [0.1, 0.15) is 0 Å². The van der Waals surface area contributed by atoms with Crippen molar-refractivity contribution in [2.45, 2.75) is 18.9 Å². The molecule has 0 bridgehead atoms. The molecular formula is C15H21N2O. The molecule has 1 N–H and O–H groups in total. The number of nitrogens with zero attached hydrogens (tertiary/aromatic N) is 1. The van der Waals surface area contributed by atoms with Gasteiger partial charge < -0.3 is 15.0 Å². The third kappa shape index (κ3) is 2.68. The largest absolute Gasteiger partial charge is 0.375 e. The average molecular weight is 245 g/mol. The van der Waals surface area contributed by atoms with Crippen LogP contribution < -0.4 is 10.2 Å². The van der Waals surface area contributed by atoms with Crippen molar-refractivity contribution in [3.63, 3.8) is 0 Å². The van der Waals surface area contributed by atoms with Crippen LogP contribution in [0, 0.1) is 12.0 Å². The van der Waals surface area contributed by atoms with Gasteiger partial charge in [-0.1, -0.05) is 12.1 Å². The molecule has 3 nitrogen and oxygen atoms in total. The molecule has 0 aromatic heterocycles. The Morgan fingerprint density at radius 2 is 2.00 bits per heavy atom. The maximum Gasteiger partial charge on any atom is 0.0729 e. The molecule has 97 valence electrons. The summed E-state index contributed by atoms with van der Waals surface area (Å²) in [5, 5.41) is 3.43. The summed E-state index contributed by atoms with van der Waals surface area (Å²) in [7, 11) is 0. The number of morpholine rings is 1. The number of ether oxygens (including phenoxy) is 1. The molecule has 3 heteroatoms. The average Bonchev–Trinajstić information content (AvgIpc) is 2.49. The minimum Gasteiger partial charge on any atom is -0.375 e. The molecule has 2 saturated heterocycles. The van der Waals surface area contributed by atoms with Gasteiger partial charge in [-0.05, 0) is 37.0 Å². The molecule has 2 heterocycles. The first-order valence-electron chi connectivity index (χ1n) is 6.97. The number of piperidine rings is 1. The second-order valence-corrected chi connectivity index (χ2v) is 5.20. The lowest BCUT2D eigenvalue weighted by molar-refractivity contribution is -0.0155. The van der Waals surface area contributed by atoms with Crippen LogP contribution in [0.2, 0.25) is 0 Å². The Morgan fingerprint density at radius 1 is 1.22 bits per heavy atom. The van der Waals surface area contributed by atoms with Gasteiger partial charge in [-0.2, -0.15) is 0 Å². The van der Waals surface area contributed by atoms with Crippen LogP contribution in [0.5, 0.6) is 0 Å². The highest BCUT2D eigenvalue weighted by Gasteiger charge is 2.28. The molecule has 2 fully saturated rings. The maximum atomic E-state index is 5.87. The lowest BCUT2D eigenvalue weighted by Crippen LogP contribution is -2.46. The number of hydrogen-bond donors (Lipinski definition) is 1. The molecule has 0 saturated carbocycles. The number of nitrogens with one attached hydrogen (secondary N) is 1. The van der Waals surface area contributed by atoms with Crippen molar-refractivity contribution in [2.75, 3.05) is 37.7 Å². The molecule has 18 heavy (non-hydrogen) atoms. The first-order chi connectivity index (χ1) is 8.93. The molecule has 2 aliphatic rings. The second kappa shape index (κ2) is 5.72. The first kappa shape index (κ1) is 12.0. The third-order valence-electron chi connectivity index (χ3n) is 4.09. The fraction of sp³-hybridized carbons (Fsp3) is 0.600. The Balaban J connectivity index is 1.54. The van der Waals surface area contributed by atoms with Crippen molar-refractivity contribution in [2.24, 2.45) is 5.92 Å². The highest BCUT2D eigenvalue weighted by atomic mass is 16.5. The van der Waals surface area contributed by atoms with Crippen LogP contribution in [0.1, 0.15) is 12.8 Å². The topological polar surface area (TPSA) is 24.5 Å². The molecule has 1 unspecified atom stereocenters. The number of anilines is 1. The minimum absolute atomic E-state index is 0.435. The minimum atomic E-state index is 0.435. The zero-order chi connectivity index (χ0) is 12.2. The van der Waals surface area contributed by atoms with Crippen molar-refractivity contribution in [1.82, 2.24) is 5.32 Å². The molecule has 1 aromatic carbocycles. The van der Waals surface area contributed by atoms with Crippen LogP contribution in [0.3, 0.4) is 0 Å². The SMILES string of the molecule is [c]1ccc(N2CCC(C3CNCCO3)CC2)cc1. The van der Waals surface area contributed by atoms with Gasteiger partial charge in [0, 0.05) is 31.9 Å². The van der Waals surface area contributed by atoms with E-state index in [9.17, 15) is 0 Å². The van der Waals surface area contributed by atoms with E-state index >= 15 is 0 Å². The van der Waals surface area contributed by atoms with Crippen LogP contribution in [0.25, 0.3) is 0 Å². The van der Waals surface area contributed by atoms with Crippen molar-refractivity contribution in [3.8, 4) is 0 Å². The summed E-state index contributed by atoms with van der Waals surface area (Å²) in [5.41, 5.74) is 1.33. The molecule has 2 aliphatic heterocycles.